The summed E-state index contributed by atoms with van der Waals surface area (Å²) in [6, 6.07) is 7.03. The Morgan fingerprint density at radius 1 is 1.42 bits per heavy atom. The highest BCUT2D eigenvalue weighted by Crippen LogP contribution is 2.36. The first kappa shape index (κ1) is 11.5. The lowest BCUT2D eigenvalue weighted by molar-refractivity contribution is 0.0695. The van der Waals surface area contributed by atoms with Crippen LogP contribution in [0.3, 0.4) is 0 Å². The van der Waals surface area contributed by atoms with Crippen LogP contribution in [0.4, 0.5) is 0 Å². The molecular formula is C14H10N2O3. The van der Waals surface area contributed by atoms with Crippen LogP contribution < -0.4 is 5.43 Å². The molecule has 0 atom stereocenters. The van der Waals surface area contributed by atoms with E-state index in [0.29, 0.717) is 16.5 Å². The fourth-order valence-corrected chi connectivity index (χ4v) is 2.23. The van der Waals surface area contributed by atoms with Crippen molar-refractivity contribution >= 4 is 16.9 Å². The van der Waals surface area contributed by atoms with E-state index in [4.69, 9.17) is 10.4 Å². The molecule has 1 N–H and O–H groups in total. The minimum absolute atomic E-state index is 0.241. The topological polar surface area (TPSA) is 83.1 Å². The summed E-state index contributed by atoms with van der Waals surface area (Å²) in [5, 5.41) is 18.3. The molecule has 1 aliphatic rings. The first-order chi connectivity index (χ1) is 9.11. The lowest BCUT2D eigenvalue weighted by Crippen LogP contribution is -2.18. The average Bonchev–Trinajstić information content (AvgIpc) is 3.23. The van der Waals surface area contributed by atoms with Crippen LogP contribution >= 0.6 is 0 Å². The van der Waals surface area contributed by atoms with Gasteiger partial charge in [0.1, 0.15) is 5.56 Å². The SMILES string of the molecule is N#Cc1ccc2c(c1)c(=O)c(C(=O)O)cn2C1CC1. The van der Waals surface area contributed by atoms with Gasteiger partial charge in [-0.2, -0.15) is 5.26 Å². The minimum Gasteiger partial charge on any atom is -0.477 e. The molecule has 5 heteroatoms. The number of carboxylic acid groups (broad SMARTS) is 1. The summed E-state index contributed by atoms with van der Waals surface area (Å²) in [4.78, 5) is 23.3. The number of hydrogen-bond acceptors (Lipinski definition) is 3. The molecule has 5 nitrogen and oxygen atoms in total. The Kier molecular flexibility index (Phi) is 2.39. The zero-order valence-corrected chi connectivity index (χ0v) is 9.96. The second-order valence-corrected chi connectivity index (χ2v) is 4.66. The number of nitriles is 1. The smallest absolute Gasteiger partial charge is 0.341 e. The van der Waals surface area contributed by atoms with E-state index in [1.54, 1.807) is 12.1 Å². The molecule has 0 amide bonds. The van der Waals surface area contributed by atoms with Gasteiger partial charge in [-0.1, -0.05) is 0 Å². The number of carbonyl (C=O) groups is 1. The Hall–Kier alpha value is -2.61. The van der Waals surface area contributed by atoms with Gasteiger partial charge in [0.25, 0.3) is 0 Å². The standard InChI is InChI=1S/C14H10N2O3/c15-6-8-1-4-12-10(5-8)13(17)11(14(18)19)7-16(12)9-2-3-9/h1,4-5,7,9H,2-3H2,(H,18,19). The van der Waals surface area contributed by atoms with Crippen molar-refractivity contribution < 1.29 is 9.90 Å². The zero-order chi connectivity index (χ0) is 13.6. The van der Waals surface area contributed by atoms with Crippen molar-refractivity contribution in [3.8, 4) is 6.07 Å². The average molecular weight is 254 g/mol. The summed E-state index contributed by atoms with van der Waals surface area (Å²) in [6.45, 7) is 0. The van der Waals surface area contributed by atoms with Gasteiger partial charge in [-0.25, -0.2) is 4.79 Å². The number of carboxylic acids is 1. The van der Waals surface area contributed by atoms with Crippen LogP contribution in [0, 0.1) is 11.3 Å². The van der Waals surface area contributed by atoms with Crippen molar-refractivity contribution in [2.45, 2.75) is 18.9 Å². The second kappa shape index (κ2) is 3.95. The van der Waals surface area contributed by atoms with Gasteiger partial charge in [-0.05, 0) is 31.0 Å². The number of aromatic nitrogens is 1. The van der Waals surface area contributed by atoms with E-state index in [1.165, 1.54) is 12.3 Å². The summed E-state index contributed by atoms with van der Waals surface area (Å²) in [5.74, 6) is -1.23. The molecule has 0 spiro atoms. The molecule has 1 fully saturated rings. The molecule has 0 saturated heterocycles. The van der Waals surface area contributed by atoms with E-state index in [2.05, 4.69) is 0 Å². The fraction of sp³-hybridized carbons (Fsp3) is 0.214. The van der Waals surface area contributed by atoms with Crippen molar-refractivity contribution in [1.82, 2.24) is 4.57 Å². The Morgan fingerprint density at radius 3 is 2.74 bits per heavy atom. The minimum atomic E-state index is -1.23. The first-order valence-corrected chi connectivity index (χ1v) is 5.94. The molecule has 2 aromatic rings. The maximum atomic E-state index is 12.1. The number of aromatic carboxylic acids is 1. The highest BCUT2D eigenvalue weighted by atomic mass is 16.4. The van der Waals surface area contributed by atoms with Gasteiger partial charge in [-0.3, -0.25) is 4.79 Å². The highest BCUT2D eigenvalue weighted by molar-refractivity contribution is 5.93. The van der Waals surface area contributed by atoms with Crippen LogP contribution in [0.25, 0.3) is 10.9 Å². The number of fused-ring (bicyclic) bond motifs is 1. The fourth-order valence-electron chi connectivity index (χ4n) is 2.23. The second-order valence-electron chi connectivity index (χ2n) is 4.66. The Labute approximate surface area is 108 Å². The van der Waals surface area contributed by atoms with Crippen LogP contribution in [0.2, 0.25) is 0 Å². The quantitative estimate of drug-likeness (QED) is 0.887. The van der Waals surface area contributed by atoms with E-state index in [1.807, 2.05) is 10.6 Å². The van der Waals surface area contributed by atoms with Crippen molar-refractivity contribution in [1.29, 1.82) is 5.26 Å². The predicted octanol–water partition coefficient (Wildman–Crippen LogP) is 1.91. The molecule has 0 aliphatic heterocycles. The molecular weight excluding hydrogens is 244 g/mol. The summed E-state index contributed by atoms with van der Waals surface area (Å²) < 4.78 is 1.83. The van der Waals surface area contributed by atoms with Gasteiger partial charge in [0.2, 0.25) is 5.43 Å². The summed E-state index contributed by atoms with van der Waals surface area (Å²) in [5.41, 5.74) is 0.275. The molecule has 3 rings (SSSR count). The molecule has 1 aliphatic carbocycles. The Bertz CT molecular complexity index is 795. The molecule has 94 valence electrons. The molecule has 1 saturated carbocycles. The van der Waals surface area contributed by atoms with Crippen LogP contribution in [-0.4, -0.2) is 15.6 Å². The van der Waals surface area contributed by atoms with Crippen LogP contribution in [-0.2, 0) is 0 Å². The third-order valence-corrected chi connectivity index (χ3v) is 3.33. The monoisotopic (exact) mass is 254 g/mol. The first-order valence-electron chi connectivity index (χ1n) is 5.94. The van der Waals surface area contributed by atoms with E-state index >= 15 is 0 Å². The van der Waals surface area contributed by atoms with Crippen molar-refractivity contribution in [3.63, 3.8) is 0 Å². The Morgan fingerprint density at radius 2 is 2.16 bits per heavy atom. The summed E-state index contributed by atoms with van der Waals surface area (Å²) in [7, 11) is 0. The number of benzene rings is 1. The van der Waals surface area contributed by atoms with Gasteiger partial charge in [0.15, 0.2) is 0 Å². The van der Waals surface area contributed by atoms with Gasteiger partial charge in [0, 0.05) is 17.6 Å². The number of nitrogens with zero attached hydrogens (tertiary/aromatic N) is 2. The molecule has 1 heterocycles. The van der Waals surface area contributed by atoms with E-state index in [-0.39, 0.29) is 11.6 Å². The zero-order valence-electron chi connectivity index (χ0n) is 9.96. The maximum absolute atomic E-state index is 12.1. The van der Waals surface area contributed by atoms with Crippen LogP contribution in [0.1, 0.15) is 34.8 Å². The Balaban J connectivity index is 2.42. The lowest BCUT2D eigenvalue weighted by atomic mass is 10.1. The molecule has 0 radical (unpaired) electrons. The number of hydrogen-bond donors (Lipinski definition) is 1. The third kappa shape index (κ3) is 1.78. The normalized spacial score (nSPS) is 14.3. The van der Waals surface area contributed by atoms with Gasteiger partial charge < -0.3 is 9.67 Å². The summed E-state index contributed by atoms with van der Waals surface area (Å²) >= 11 is 0. The largest absolute Gasteiger partial charge is 0.477 e. The van der Waals surface area contributed by atoms with Crippen molar-refractivity contribution in [2.75, 3.05) is 0 Å². The molecule has 1 aromatic heterocycles. The van der Waals surface area contributed by atoms with Crippen molar-refractivity contribution in [3.05, 3.63) is 45.7 Å². The number of rotatable bonds is 2. The lowest BCUT2D eigenvalue weighted by Gasteiger charge is -2.11. The third-order valence-electron chi connectivity index (χ3n) is 3.33. The van der Waals surface area contributed by atoms with Gasteiger partial charge >= 0.3 is 5.97 Å². The molecule has 1 aromatic carbocycles. The predicted molar refractivity (Wildman–Crippen MR) is 68.2 cm³/mol. The molecule has 0 bridgehead atoms. The summed E-state index contributed by atoms with van der Waals surface area (Å²) in [6.07, 6.45) is 3.38. The highest BCUT2D eigenvalue weighted by Gasteiger charge is 2.26. The van der Waals surface area contributed by atoms with E-state index in [9.17, 15) is 9.59 Å². The van der Waals surface area contributed by atoms with Crippen LogP contribution in [0.15, 0.2) is 29.2 Å². The van der Waals surface area contributed by atoms with Crippen LogP contribution in [0.5, 0.6) is 0 Å². The van der Waals surface area contributed by atoms with Gasteiger partial charge in [0.05, 0.1) is 17.1 Å². The van der Waals surface area contributed by atoms with E-state index < -0.39 is 11.4 Å². The van der Waals surface area contributed by atoms with Crippen molar-refractivity contribution in [2.24, 2.45) is 0 Å². The molecule has 0 unspecified atom stereocenters. The van der Waals surface area contributed by atoms with Gasteiger partial charge in [-0.15, -0.1) is 0 Å². The maximum Gasteiger partial charge on any atom is 0.341 e. The number of pyridine rings is 1. The van der Waals surface area contributed by atoms with E-state index in [0.717, 1.165) is 12.8 Å². The molecule has 19 heavy (non-hydrogen) atoms.